The summed E-state index contributed by atoms with van der Waals surface area (Å²) in [7, 11) is 0. The third-order valence-corrected chi connectivity index (χ3v) is 3.65. The third-order valence-electron chi connectivity index (χ3n) is 3.65. The van der Waals surface area contributed by atoms with E-state index in [1.165, 1.54) is 0 Å². The molecule has 1 aromatic carbocycles. The van der Waals surface area contributed by atoms with E-state index in [9.17, 15) is 9.59 Å². The molecule has 1 aromatic rings. The molecule has 1 atom stereocenters. The van der Waals surface area contributed by atoms with Crippen molar-refractivity contribution in [2.45, 2.75) is 39.2 Å². The Morgan fingerprint density at radius 1 is 1.43 bits per heavy atom. The van der Waals surface area contributed by atoms with Crippen molar-refractivity contribution in [3.8, 4) is 0 Å². The monoisotopic (exact) mass is 289 g/mol. The van der Waals surface area contributed by atoms with E-state index in [-0.39, 0.29) is 17.9 Å². The number of nitrogens with one attached hydrogen (secondary N) is 3. The average Bonchev–Trinajstić information content (AvgIpc) is 2.89. The second kappa shape index (κ2) is 7.11. The molecule has 1 fully saturated rings. The summed E-state index contributed by atoms with van der Waals surface area (Å²) >= 11 is 0. The first kappa shape index (κ1) is 15.4. The minimum absolute atomic E-state index is 0.0630. The normalized spacial score (nSPS) is 17.4. The van der Waals surface area contributed by atoms with Gasteiger partial charge < -0.3 is 16.0 Å². The molecule has 1 heterocycles. The van der Waals surface area contributed by atoms with Gasteiger partial charge in [0.05, 0.1) is 0 Å². The maximum absolute atomic E-state index is 12.1. The highest BCUT2D eigenvalue weighted by atomic mass is 16.2. The molecule has 1 aliphatic rings. The van der Waals surface area contributed by atoms with E-state index in [1.54, 1.807) is 0 Å². The molecule has 3 N–H and O–H groups in total. The zero-order chi connectivity index (χ0) is 15.2. The van der Waals surface area contributed by atoms with E-state index < -0.39 is 0 Å². The van der Waals surface area contributed by atoms with Crippen LogP contribution in [0, 0.1) is 6.92 Å². The fourth-order valence-electron chi connectivity index (χ4n) is 2.41. The highest BCUT2D eigenvalue weighted by molar-refractivity contribution is 5.95. The van der Waals surface area contributed by atoms with Crippen LogP contribution in [0.15, 0.2) is 18.2 Å². The Hall–Kier alpha value is -2.04. The van der Waals surface area contributed by atoms with Crippen LogP contribution in [0.4, 0.5) is 5.69 Å². The summed E-state index contributed by atoms with van der Waals surface area (Å²) in [5.41, 5.74) is 2.78. The molecule has 1 saturated heterocycles. The lowest BCUT2D eigenvalue weighted by Crippen LogP contribution is -2.38. The minimum Gasteiger partial charge on any atom is -0.385 e. The van der Waals surface area contributed by atoms with Crippen molar-refractivity contribution < 1.29 is 9.59 Å². The summed E-state index contributed by atoms with van der Waals surface area (Å²) in [6.45, 7) is 5.52. The third kappa shape index (κ3) is 4.21. The molecule has 114 valence electrons. The molecule has 2 amide bonds. The van der Waals surface area contributed by atoms with Gasteiger partial charge in [0.25, 0.3) is 5.91 Å². The van der Waals surface area contributed by atoms with Gasteiger partial charge in [-0.25, -0.2) is 0 Å². The molecule has 0 radical (unpaired) electrons. The van der Waals surface area contributed by atoms with Crippen molar-refractivity contribution >= 4 is 17.5 Å². The Labute approximate surface area is 125 Å². The van der Waals surface area contributed by atoms with Crippen LogP contribution in [0.2, 0.25) is 0 Å². The lowest BCUT2D eigenvalue weighted by molar-refractivity contribution is -0.119. The molecular formula is C16H23N3O2. The van der Waals surface area contributed by atoms with E-state index in [0.717, 1.165) is 30.6 Å². The van der Waals surface area contributed by atoms with Gasteiger partial charge in [0.15, 0.2) is 0 Å². The van der Waals surface area contributed by atoms with Crippen molar-refractivity contribution in [1.82, 2.24) is 10.6 Å². The van der Waals surface area contributed by atoms with Crippen molar-refractivity contribution in [2.24, 2.45) is 0 Å². The fraction of sp³-hybridized carbons (Fsp3) is 0.500. The molecule has 0 aromatic heterocycles. The summed E-state index contributed by atoms with van der Waals surface area (Å²) in [5.74, 6) is -0.0299. The Morgan fingerprint density at radius 2 is 2.24 bits per heavy atom. The molecule has 1 unspecified atom stereocenters. The van der Waals surface area contributed by atoms with Crippen LogP contribution in [-0.4, -0.2) is 30.9 Å². The second-order valence-corrected chi connectivity index (χ2v) is 5.47. The van der Waals surface area contributed by atoms with Crippen LogP contribution in [0.5, 0.6) is 0 Å². The summed E-state index contributed by atoms with van der Waals surface area (Å²) in [6.07, 6.45) is 2.41. The number of benzene rings is 1. The average molecular weight is 289 g/mol. The number of rotatable bonds is 6. The van der Waals surface area contributed by atoms with Crippen LogP contribution < -0.4 is 16.0 Å². The SMILES string of the molecule is CCCNc1ccc(C(=O)NCC2CCC(=O)N2)cc1C. The molecule has 5 nitrogen and oxygen atoms in total. The van der Waals surface area contributed by atoms with Gasteiger partial charge in [0.2, 0.25) is 5.91 Å². The van der Waals surface area contributed by atoms with Crippen LogP contribution in [0.1, 0.15) is 42.1 Å². The highest BCUT2D eigenvalue weighted by Crippen LogP contribution is 2.16. The maximum atomic E-state index is 12.1. The Bertz CT molecular complexity index is 528. The molecule has 0 saturated carbocycles. The molecule has 0 aliphatic carbocycles. The standard InChI is InChI=1S/C16H23N3O2/c1-3-8-17-14-6-4-12(9-11(14)2)16(21)18-10-13-5-7-15(20)19-13/h4,6,9,13,17H,3,5,7-8,10H2,1-2H3,(H,18,21)(H,19,20). The van der Waals surface area contributed by atoms with Gasteiger partial charge in [-0.15, -0.1) is 0 Å². The first-order valence-electron chi connectivity index (χ1n) is 7.52. The smallest absolute Gasteiger partial charge is 0.251 e. The number of amides is 2. The molecule has 0 bridgehead atoms. The lowest BCUT2D eigenvalue weighted by atomic mass is 10.1. The van der Waals surface area contributed by atoms with E-state index in [2.05, 4.69) is 22.9 Å². The van der Waals surface area contributed by atoms with Crippen LogP contribution in [0.3, 0.4) is 0 Å². The van der Waals surface area contributed by atoms with Gasteiger partial charge >= 0.3 is 0 Å². The van der Waals surface area contributed by atoms with E-state index in [4.69, 9.17) is 0 Å². The van der Waals surface area contributed by atoms with E-state index in [0.29, 0.717) is 18.5 Å². The predicted octanol–water partition coefficient (Wildman–Crippen LogP) is 1.83. The van der Waals surface area contributed by atoms with Gasteiger partial charge in [-0.1, -0.05) is 6.92 Å². The fourth-order valence-corrected chi connectivity index (χ4v) is 2.41. The zero-order valence-corrected chi connectivity index (χ0v) is 12.7. The molecule has 5 heteroatoms. The zero-order valence-electron chi connectivity index (χ0n) is 12.7. The quantitative estimate of drug-likeness (QED) is 0.748. The maximum Gasteiger partial charge on any atom is 0.251 e. The van der Waals surface area contributed by atoms with Crippen molar-refractivity contribution in [2.75, 3.05) is 18.4 Å². The number of carbonyl (C=O) groups is 2. The molecule has 21 heavy (non-hydrogen) atoms. The first-order chi connectivity index (χ1) is 10.1. The Morgan fingerprint density at radius 3 is 2.86 bits per heavy atom. The Kier molecular flexibility index (Phi) is 5.20. The second-order valence-electron chi connectivity index (χ2n) is 5.47. The van der Waals surface area contributed by atoms with Gasteiger partial charge in [-0.3, -0.25) is 9.59 Å². The van der Waals surface area contributed by atoms with E-state index >= 15 is 0 Å². The van der Waals surface area contributed by atoms with Crippen LogP contribution in [-0.2, 0) is 4.79 Å². The highest BCUT2D eigenvalue weighted by Gasteiger charge is 2.21. The van der Waals surface area contributed by atoms with Gasteiger partial charge in [0, 0.05) is 36.8 Å². The summed E-state index contributed by atoms with van der Waals surface area (Å²) in [5, 5.41) is 9.05. The topological polar surface area (TPSA) is 70.2 Å². The van der Waals surface area contributed by atoms with Gasteiger partial charge in [0.1, 0.15) is 0 Å². The predicted molar refractivity (Wildman–Crippen MR) is 83.5 cm³/mol. The molecule has 0 spiro atoms. The summed E-state index contributed by atoms with van der Waals surface area (Å²) in [4.78, 5) is 23.2. The molecular weight excluding hydrogens is 266 g/mol. The lowest BCUT2D eigenvalue weighted by Gasteiger charge is -2.13. The molecule has 1 aliphatic heterocycles. The van der Waals surface area contributed by atoms with Crippen molar-refractivity contribution in [3.05, 3.63) is 29.3 Å². The number of carbonyl (C=O) groups excluding carboxylic acids is 2. The van der Waals surface area contributed by atoms with E-state index in [1.807, 2.05) is 25.1 Å². The van der Waals surface area contributed by atoms with Crippen molar-refractivity contribution in [3.63, 3.8) is 0 Å². The van der Waals surface area contributed by atoms with Gasteiger partial charge in [-0.05, 0) is 43.5 Å². The number of aryl methyl sites for hydroxylation is 1. The van der Waals surface area contributed by atoms with Crippen LogP contribution in [0.25, 0.3) is 0 Å². The largest absolute Gasteiger partial charge is 0.385 e. The van der Waals surface area contributed by atoms with Crippen LogP contribution >= 0.6 is 0 Å². The number of hydrogen-bond acceptors (Lipinski definition) is 3. The molecule has 2 rings (SSSR count). The van der Waals surface area contributed by atoms with Crippen molar-refractivity contribution in [1.29, 1.82) is 0 Å². The summed E-state index contributed by atoms with van der Waals surface area (Å²) in [6, 6.07) is 5.72. The summed E-state index contributed by atoms with van der Waals surface area (Å²) < 4.78 is 0. The Balaban J connectivity index is 1.90. The van der Waals surface area contributed by atoms with Gasteiger partial charge in [-0.2, -0.15) is 0 Å². The number of anilines is 1. The minimum atomic E-state index is -0.0960. The number of hydrogen-bond donors (Lipinski definition) is 3. The first-order valence-corrected chi connectivity index (χ1v) is 7.52.